The van der Waals surface area contributed by atoms with Crippen LogP contribution in [0.25, 0.3) is 10.9 Å². The van der Waals surface area contributed by atoms with E-state index in [0.717, 1.165) is 29.6 Å². The predicted octanol–water partition coefficient (Wildman–Crippen LogP) is 3.72. The quantitative estimate of drug-likeness (QED) is 0.685. The maximum atomic E-state index is 4.33. The summed E-state index contributed by atoms with van der Waals surface area (Å²) in [5, 5.41) is 9.53. The van der Waals surface area contributed by atoms with Gasteiger partial charge in [-0.15, -0.1) is 5.10 Å². The van der Waals surface area contributed by atoms with Crippen LogP contribution in [-0.4, -0.2) is 20.0 Å². The van der Waals surface area contributed by atoms with Gasteiger partial charge in [-0.1, -0.05) is 40.2 Å². The van der Waals surface area contributed by atoms with E-state index >= 15 is 0 Å². The van der Waals surface area contributed by atoms with E-state index < -0.39 is 0 Å². The van der Waals surface area contributed by atoms with Gasteiger partial charge in [0.25, 0.3) is 0 Å². The fraction of sp³-hybridized carbons (Fsp3) is 0.267. The Morgan fingerprint density at radius 1 is 1.30 bits per heavy atom. The molecule has 0 saturated heterocycles. The minimum absolute atomic E-state index is 0.275. The number of benzene rings is 1. The van der Waals surface area contributed by atoms with Gasteiger partial charge < -0.3 is 0 Å². The van der Waals surface area contributed by atoms with Gasteiger partial charge in [0.1, 0.15) is 0 Å². The fourth-order valence-corrected chi connectivity index (χ4v) is 2.36. The van der Waals surface area contributed by atoms with Gasteiger partial charge in [-0.2, -0.15) is 0 Å². The second kappa shape index (κ2) is 5.71. The second-order valence-corrected chi connectivity index (χ2v) is 5.85. The number of aromatic nitrogens is 4. The lowest BCUT2D eigenvalue weighted by molar-refractivity contribution is 0.649. The molecule has 1 unspecified atom stereocenters. The first kappa shape index (κ1) is 13.2. The number of nitrogens with zero attached hydrogens (tertiary/aromatic N) is 4. The maximum absolute atomic E-state index is 4.33. The first-order chi connectivity index (χ1) is 9.76. The van der Waals surface area contributed by atoms with Crippen LogP contribution in [0.3, 0.4) is 0 Å². The number of rotatable bonds is 4. The van der Waals surface area contributed by atoms with E-state index in [1.54, 1.807) is 0 Å². The van der Waals surface area contributed by atoms with Gasteiger partial charge in [-0.05, 0) is 30.2 Å². The fourth-order valence-electron chi connectivity index (χ4n) is 2.15. The molecule has 0 spiro atoms. The smallest absolute Gasteiger partial charge is 0.0963 e. The highest BCUT2D eigenvalue weighted by Gasteiger charge is 2.09. The summed E-state index contributed by atoms with van der Waals surface area (Å²) in [6, 6.07) is 10.3. The highest BCUT2D eigenvalue weighted by molar-refractivity contribution is 9.09. The number of hydrogen-bond acceptors (Lipinski definition) is 3. The maximum Gasteiger partial charge on any atom is 0.0963 e. The molecule has 0 amide bonds. The Morgan fingerprint density at radius 2 is 2.20 bits per heavy atom. The molecule has 1 aromatic carbocycles. The van der Waals surface area contributed by atoms with Crippen molar-refractivity contribution in [3.63, 3.8) is 0 Å². The normalized spacial score (nSPS) is 12.7. The molecule has 0 N–H and O–H groups in total. The number of hydrogen-bond donors (Lipinski definition) is 0. The van der Waals surface area contributed by atoms with Gasteiger partial charge in [0.15, 0.2) is 0 Å². The van der Waals surface area contributed by atoms with E-state index in [4.69, 9.17) is 0 Å². The van der Waals surface area contributed by atoms with Gasteiger partial charge in [0, 0.05) is 17.8 Å². The Labute approximate surface area is 126 Å². The average molecular weight is 331 g/mol. The molecule has 3 rings (SSSR count). The van der Waals surface area contributed by atoms with Gasteiger partial charge >= 0.3 is 0 Å². The molecule has 0 radical (unpaired) electrons. The zero-order valence-corrected chi connectivity index (χ0v) is 12.8. The summed E-state index contributed by atoms with van der Waals surface area (Å²) >= 11 is 3.59. The number of fused-ring (bicyclic) bond motifs is 1. The van der Waals surface area contributed by atoms with Crippen molar-refractivity contribution >= 4 is 26.8 Å². The molecule has 3 aromatic rings. The molecule has 102 valence electrons. The van der Waals surface area contributed by atoms with Crippen molar-refractivity contribution in [2.75, 3.05) is 0 Å². The zero-order chi connectivity index (χ0) is 13.9. The van der Waals surface area contributed by atoms with Crippen molar-refractivity contribution in [3.05, 3.63) is 54.0 Å². The van der Waals surface area contributed by atoms with Crippen molar-refractivity contribution in [2.45, 2.75) is 24.7 Å². The van der Waals surface area contributed by atoms with Crippen LogP contribution in [0.4, 0.5) is 0 Å². The Hall–Kier alpha value is -1.75. The molecule has 0 aliphatic rings. The van der Waals surface area contributed by atoms with Crippen LogP contribution in [0.1, 0.15) is 29.4 Å². The standard InChI is InChI=1S/C15H15BrN4/c1-2-13(16)15-10-20(19-18-15)9-11-5-6-14-12(8-11)4-3-7-17-14/h3-8,10,13H,2,9H2,1H3. The first-order valence-corrected chi connectivity index (χ1v) is 7.55. The van der Waals surface area contributed by atoms with E-state index in [1.807, 2.05) is 29.2 Å². The van der Waals surface area contributed by atoms with Gasteiger partial charge in [0.05, 0.1) is 22.6 Å². The molecule has 5 heteroatoms. The van der Waals surface area contributed by atoms with Crippen molar-refractivity contribution in [1.29, 1.82) is 0 Å². The summed E-state index contributed by atoms with van der Waals surface area (Å²) in [6.07, 6.45) is 4.81. The molecular weight excluding hydrogens is 316 g/mol. The van der Waals surface area contributed by atoms with E-state index in [9.17, 15) is 0 Å². The summed E-state index contributed by atoms with van der Waals surface area (Å²) in [6.45, 7) is 2.84. The minimum Gasteiger partial charge on any atom is -0.256 e. The van der Waals surface area contributed by atoms with Crippen LogP contribution in [-0.2, 0) is 6.54 Å². The molecule has 2 heterocycles. The zero-order valence-electron chi connectivity index (χ0n) is 11.2. The molecule has 20 heavy (non-hydrogen) atoms. The molecule has 0 bridgehead atoms. The van der Waals surface area contributed by atoms with Crippen LogP contribution < -0.4 is 0 Å². The summed E-state index contributed by atoms with van der Waals surface area (Å²) in [5.41, 5.74) is 3.20. The topological polar surface area (TPSA) is 43.6 Å². The Morgan fingerprint density at radius 3 is 3.05 bits per heavy atom. The Kier molecular flexibility index (Phi) is 3.78. The molecule has 4 nitrogen and oxygen atoms in total. The SMILES string of the molecule is CCC(Br)c1cn(Cc2ccc3ncccc3c2)nn1. The highest BCUT2D eigenvalue weighted by Crippen LogP contribution is 2.23. The number of alkyl halides is 1. The van der Waals surface area contributed by atoms with Crippen molar-refractivity contribution < 1.29 is 0 Å². The predicted molar refractivity (Wildman–Crippen MR) is 82.8 cm³/mol. The number of pyridine rings is 1. The van der Waals surface area contributed by atoms with Crippen LogP contribution >= 0.6 is 15.9 Å². The molecule has 1 atom stereocenters. The molecular formula is C15H15BrN4. The monoisotopic (exact) mass is 330 g/mol. The Bertz CT molecular complexity index is 722. The van der Waals surface area contributed by atoms with Gasteiger partial charge in [-0.25, -0.2) is 4.68 Å². The van der Waals surface area contributed by atoms with E-state index in [2.05, 4.69) is 56.3 Å². The van der Waals surface area contributed by atoms with Crippen LogP contribution in [0, 0.1) is 0 Å². The average Bonchev–Trinajstić information content (AvgIpc) is 2.95. The lowest BCUT2D eigenvalue weighted by Gasteiger charge is -2.03. The van der Waals surface area contributed by atoms with Gasteiger partial charge in [0.2, 0.25) is 0 Å². The third-order valence-corrected chi connectivity index (χ3v) is 4.36. The Balaban J connectivity index is 1.83. The van der Waals surface area contributed by atoms with Crippen molar-refractivity contribution in [3.8, 4) is 0 Å². The summed E-state index contributed by atoms with van der Waals surface area (Å²) in [5.74, 6) is 0. The summed E-state index contributed by atoms with van der Waals surface area (Å²) in [7, 11) is 0. The molecule has 0 saturated carbocycles. The lowest BCUT2D eigenvalue weighted by atomic mass is 10.1. The van der Waals surface area contributed by atoms with Crippen LogP contribution in [0.15, 0.2) is 42.7 Å². The third-order valence-electron chi connectivity index (χ3n) is 3.25. The molecule has 2 aromatic heterocycles. The third kappa shape index (κ3) is 2.72. The van der Waals surface area contributed by atoms with Gasteiger partial charge in [-0.3, -0.25) is 4.98 Å². The van der Waals surface area contributed by atoms with Crippen LogP contribution in [0.5, 0.6) is 0 Å². The second-order valence-electron chi connectivity index (χ2n) is 4.75. The first-order valence-electron chi connectivity index (χ1n) is 6.64. The van der Waals surface area contributed by atoms with E-state index in [-0.39, 0.29) is 4.83 Å². The number of halogens is 1. The minimum atomic E-state index is 0.275. The van der Waals surface area contributed by atoms with Crippen LogP contribution in [0.2, 0.25) is 0 Å². The van der Waals surface area contributed by atoms with E-state index in [1.165, 1.54) is 5.56 Å². The molecule has 0 fully saturated rings. The molecule has 0 aliphatic heterocycles. The lowest BCUT2D eigenvalue weighted by Crippen LogP contribution is -2.00. The van der Waals surface area contributed by atoms with E-state index in [0.29, 0.717) is 0 Å². The van der Waals surface area contributed by atoms with Crippen molar-refractivity contribution in [2.24, 2.45) is 0 Å². The highest BCUT2D eigenvalue weighted by atomic mass is 79.9. The van der Waals surface area contributed by atoms with Crippen molar-refractivity contribution in [1.82, 2.24) is 20.0 Å². The summed E-state index contributed by atoms with van der Waals surface area (Å²) < 4.78 is 1.87. The molecule has 0 aliphatic carbocycles. The largest absolute Gasteiger partial charge is 0.256 e. The summed E-state index contributed by atoms with van der Waals surface area (Å²) in [4.78, 5) is 4.60.